The van der Waals surface area contributed by atoms with E-state index in [0.29, 0.717) is 30.0 Å². The summed E-state index contributed by atoms with van der Waals surface area (Å²) in [5.41, 5.74) is 2.80. The van der Waals surface area contributed by atoms with Crippen LogP contribution in [0.1, 0.15) is 27.9 Å². The van der Waals surface area contributed by atoms with Gasteiger partial charge in [-0.15, -0.1) is 0 Å². The average molecular weight is 452 g/mol. The molecule has 0 aromatic heterocycles. The van der Waals surface area contributed by atoms with Gasteiger partial charge in [0, 0.05) is 6.54 Å². The van der Waals surface area contributed by atoms with Gasteiger partial charge in [0.05, 0.1) is 30.2 Å². The van der Waals surface area contributed by atoms with Crippen LogP contribution >= 0.6 is 11.8 Å². The SMILES string of the molecule is COc1ccc(C=Cc2ccc3c(c2)C(=O)N2CCC(NC(=O)CSC)C2C(=O)N3)cc1. The van der Waals surface area contributed by atoms with E-state index in [1.54, 1.807) is 24.1 Å². The van der Waals surface area contributed by atoms with E-state index >= 15 is 0 Å². The van der Waals surface area contributed by atoms with Crippen LogP contribution in [-0.2, 0) is 9.59 Å². The van der Waals surface area contributed by atoms with E-state index in [-0.39, 0.29) is 23.8 Å². The van der Waals surface area contributed by atoms with Crippen molar-refractivity contribution in [3.05, 3.63) is 59.2 Å². The second-order valence-electron chi connectivity index (χ2n) is 7.74. The Hall–Kier alpha value is -3.26. The van der Waals surface area contributed by atoms with Gasteiger partial charge in [0.15, 0.2) is 0 Å². The van der Waals surface area contributed by atoms with E-state index in [1.165, 1.54) is 11.8 Å². The lowest BCUT2D eigenvalue weighted by atomic mass is 10.1. The Bertz CT molecular complexity index is 1070. The Labute approximate surface area is 191 Å². The zero-order chi connectivity index (χ0) is 22.7. The van der Waals surface area contributed by atoms with E-state index in [0.717, 1.165) is 16.9 Å². The molecule has 2 atom stereocenters. The van der Waals surface area contributed by atoms with Gasteiger partial charge < -0.3 is 20.3 Å². The molecule has 8 heteroatoms. The molecule has 4 rings (SSSR count). The highest BCUT2D eigenvalue weighted by Gasteiger charge is 2.45. The molecule has 2 heterocycles. The van der Waals surface area contributed by atoms with Crippen LogP contribution in [0.15, 0.2) is 42.5 Å². The molecule has 166 valence electrons. The molecule has 1 fully saturated rings. The third kappa shape index (κ3) is 4.50. The lowest BCUT2D eigenvalue weighted by Crippen LogP contribution is -2.51. The Morgan fingerprint density at radius 2 is 1.91 bits per heavy atom. The van der Waals surface area contributed by atoms with Gasteiger partial charge in [-0.05, 0) is 48.1 Å². The third-order valence-corrected chi connectivity index (χ3v) is 6.22. The van der Waals surface area contributed by atoms with Crippen LogP contribution in [0.25, 0.3) is 12.2 Å². The molecule has 2 unspecified atom stereocenters. The Balaban J connectivity index is 1.55. The number of thioether (sulfide) groups is 1. The van der Waals surface area contributed by atoms with Crippen molar-refractivity contribution in [2.24, 2.45) is 0 Å². The van der Waals surface area contributed by atoms with Crippen molar-refractivity contribution in [3.63, 3.8) is 0 Å². The number of fused-ring (bicyclic) bond motifs is 2. The number of nitrogens with one attached hydrogen (secondary N) is 2. The van der Waals surface area contributed by atoms with Crippen molar-refractivity contribution in [1.82, 2.24) is 10.2 Å². The number of nitrogens with zero attached hydrogens (tertiary/aromatic N) is 1. The predicted molar refractivity (Wildman–Crippen MR) is 127 cm³/mol. The van der Waals surface area contributed by atoms with Crippen molar-refractivity contribution in [2.75, 3.05) is 31.0 Å². The number of hydrogen-bond donors (Lipinski definition) is 2. The summed E-state index contributed by atoms with van der Waals surface area (Å²) in [6, 6.07) is 12.0. The number of benzene rings is 2. The molecule has 0 spiro atoms. The number of ether oxygens (including phenoxy) is 1. The summed E-state index contributed by atoms with van der Waals surface area (Å²) in [4.78, 5) is 39.8. The zero-order valence-corrected chi connectivity index (χ0v) is 18.8. The second kappa shape index (κ2) is 9.48. The van der Waals surface area contributed by atoms with Gasteiger partial charge in [0.25, 0.3) is 5.91 Å². The maximum Gasteiger partial charge on any atom is 0.256 e. The first-order valence-electron chi connectivity index (χ1n) is 10.4. The highest BCUT2D eigenvalue weighted by Crippen LogP contribution is 2.30. The predicted octanol–water partition coefficient (Wildman–Crippen LogP) is 2.88. The van der Waals surface area contributed by atoms with Crippen LogP contribution in [0.5, 0.6) is 5.75 Å². The maximum atomic E-state index is 13.3. The fourth-order valence-electron chi connectivity index (χ4n) is 4.10. The van der Waals surface area contributed by atoms with Crippen molar-refractivity contribution in [3.8, 4) is 5.75 Å². The Morgan fingerprint density at radius 1 is 1.19 bits per heavy atom. The largest absolute Gasteiger partial charge is 0.497 e. The molecule has 0 bridgehead atoms. The topological polar surface area (TPSA) is 87.7 Å². The molecule has 1 saturated heterocycles. The van der Waals surface area contributed by atoms with Crippen LogP contribution in [0.4, 0.5) is 5.69 Å². The summed E-state index contributed by atoms with van der Waals surface area (Å²) in [7, 11) is 1.63. The van der Waals surface area contributed by atoms with Gasteiger partial charge in [-0.2, -0.15) is 11.8 Å². The van der Waals surface area contributed by atoms with E-state index in [2.05, 4.69) is 10.6 Å². The maximum absolute atomic E-state index is 13.3. The standard InChI is InChI=1S/C24H25N3O4S/c1-31-17-8-5-15(6-9-17)3-4-16-7-10-19-18(13-16)24(30)27-12-11-20(22(27)23(29)26-19)25-21(28)14-32-2/h3-10,13,20,22H,11-12,14H2,1-2H3,(H,25,28)(H,26,29). The number of anilines is 1. The zero-order valence-electron chi connectivity index (χ0n) is 18.0. The summed E-state index contributed by atoms with van der Waals surface area (Å²) in [5.74, 6) is 0.507. The van der Waals surface area contributed by atoms with E-state index in [1.807, 2.05) is 48.7 Å². The number of rotatable bonds is 6. The molecule has 7 nitrogen and oxygen atoms in total. The molecule has 2 aromatic carbocycles. The summed E-state index contributed by atoms with van der Waals surface area (Å²) in [5, 5.41) is 5.79. The van der Waals surface area contributed by atoms with Gasteiger partial charge >= 0.3 is 0 Å². The first kappa shape index (κ1) is 22.0. The number of amides is 3. The highest BCUT2D eigenvalue weighted by molar-refractivity contribution is 7.99. The smallest absolute Gasteiger partial charge is 0.256 e. The van der Waals surface area contributed by atoms with E-state index in [9.17, 15) is 14.4 Å². The van der Waals surface area contributed by atoms with Crippen molar-refractivity contribution >= 4 is 47.3 Å². The molecule has 0 saturated carbocycles. The Morgan fingerprint density at radius 3 is 2.62 bits per heavy atom. The summed E-state index contributed by atoms with van der Waals surface area (Å²) >= 11 is 1.42. The quantitative estimate of drug-likeness (QED) is 0.660. The van der Waals surface area contributed by atoms with Crippen LogP contribution in [0, 0.1) is 0 Å². The molecule has 32 heavy (non-hydrogen) atoms. The Kier molecular flexibility index (Phi) is 6.50. The van der Waals surface area contributed by atoms with Crippen LogP contribution in [0.2, 0.25) is 0 Å². The average Bonchev–Trinajstić information content (AvgIpc) is 3.17. The molecule has 2 aliphatic rings. The van der Waals surface area contributed by atoms with Crippen molar-refractivity contribution < 1.29 is 19.1 Å². The normalized spacial score (nSPS) is 19.9. The number of carbonyl (C=O) groups is 3. The molecular weight excluding hydrogens is 426 g/mol. The molecule has 2 N–H and O–H groups in total. The molecule has 3 amide bonds. The monoisotopic (exact) mass is 451 g/mol. The van der Waals surface area contributed by atoms with Crippen molar-refractivity contribution in [1.29, 1.82) is 0 Å². The van der Waals surface area contributed by atoms with Gasteiger partial charge in [0.1, 0.15) is 11.8 Å². The fraction of sp³-hybridized carbons (Fsp3) is 0.292. The highest BCUT2D eigenvalue weighted by atomic mass is 32.2. The molecule has 0 radical (unpaired) electrons. The van der Waals surface area contributed by atoms with Gasteiger partial charge in [-0.3, -0.25) is 14.4 Å². The first-order valence-corrected chi connectivity index (χ1v) is 11.8. The summed E-state index contributed by atoms with van der Waals surface area (Å²) in [6.07, 6.45) is 6.28. The number of hydrogen-bond acceptors (Lipinski definition) is 5. The summed E-state index contributed by atoms with van der Waals surface area (Å²) < 4.78 is 5.18. The molecule has 0 aliphatic carbocycles. The molecule has 2 aliphatic heterocycles. The van der Waals surface area contributed by atoms with Crippen LogP contribution < -0.4 is 15.4 Å². The van der Waals surface area contributed by atoms with Gasteiger partial charge in [0.2, 0.25) is 11.8 Å². The fourth-order valence-corrected chi connectivity index (χ4v) is 4.44. The lowest BCUT2D eigenvalue weighted by molar-refractivity contribution is -0.122. The second-order valence-corrected chi connectivity index (χ2v) is 8.61. The minimum absolute atomic E-state index is 0.127. The first-order chi connectivity index (χ1) is 15.5. The van der Waals surface area contributed by atoms with Crippen LogP contribution in [0.3, 0.4) is 0 Å². The molecular formula is C24H25N3O4S. The van der Waals surface area contributed by atoms with E-state index < -0.39 is 6.04 Å². The minimum Gasteiger partial charge on any atom is -0.497 e. The number of methoxy groups -OCH3 is 1. The number of carbonyl (C=O) groups excluding carboxylic acids is 3. The van der Waals surface area contributed by atoms with E-state index in [4.69, 9.17) is 4.74 Å². The van der Waals surface area contributed by atoms with Gasteiger partial charge in [-0.25, -0.2) is 0 Å². The van der Waals surface area contributed by atoms with Gasteiger partial charge in [-0.1, -0.05) is 30.4 Å². The lowest BCUT2D eigenvalue weighted by Gasteiger charge is -2.24. The molecule has 2 aromatic rings. The van der Waals surface area contributed by atoms with Crippen molar-refractivity contribution in [2.45, 2.75) is 18.5 Å². The van der Waals surface area contributed by atoms with Crippen LogP contribution in [-0.4, -0.2) is 60.4 Å². The minimum atomic E-state index is -0.709. The third-order valence-electron chi connectivity index (χ3n) is 5.67. The summed E-state index contributed by atoms with van der Waals surface area (Å²) in [6.45, 7) is 0.423.